The zero-order valence-corrected chi connectivity index (χ0v) is 23.6. The van der Waals surface area contributed by atoms with E-state index in [1.807, 2.05) is 35.8 Å². The zero-order chi connectivity index (χ0) is 27.4. The van der Waals surface area contributed by atoms with Gasteiger partial charge in [0.15, 0.2) is 17.3 Å². The molecule has 1 atom stereocenters. The monoisotopic (exact) mass is 526 g/mol. The van der Waals surface area contributed by atoms with Crippen molar-refractivity contribution in [3.05, 3.63) is 29.9 Å². The van der Waals surface area contributed by atoms with Crippen LogP contribution in [0.5, 0.6) is 0 Å². The fourth-order valence-electron chi connectivity index (χ4n) is 4.76. The number of amides is 2. The van der Waals surface area contributed by atoms with Gasteiger partial charge in [0.2, 0.25) is 5.91 Å². The summed E-state index contributed by atoms with van der Waals surface area (Å²) in [6, 6.07) is 0.172. The van der Waals surface area contributed by atoms with Gasteiger partial charge < -0.3 is 24.8 Å². The number of hydrogen-bond donors (Lipinski definition) is 1. The minimum atomic E-state index is -0.299. The van der Waals surface area contributed by atoms with Crippen LogP contribution >= 0.6 is 0 Å². The van der Waals surface area contributed by atoms with Crippen molar-refractivity contribution in [2.45, 2.75) is 70.9 Å². The molecule has 11 heteroatoms. The molecule has 2 aromatic rings. The number of likely N-dealkylation sites (tertiary alicyclic amines) is 2. The Morgan fingerprint density at radius 1 is 1.11 bits per heavy atom. The first-order valence-corrected chi connectivity index (χ1v) is 13.7. The van der Waals surface area contributed by atoms with Crippen LogP contribution in [-0.4, -0.2) is 105 Å². The molecule has 0 bridgehead atoms. The van der Waals surface area contributed by atoms with E-state index in [0.717, 1.165) is 35.8 Å². The summed E-state index contributed by atoms with van der Waals surface area (Å²) in [7, 11) is 3.91. The zero-order valence-electron chi connectivity index (χ0n) is 23.6. The number of fused-ring (bicyclic) bond motifs is 1. The van der Waals surface area contributed by atoms with Crippen LogP contribution in [-0.2, 0) is 9.53 Å². The van der Waals surface area contributed by atoms with E-state index >= 15 is 0 Å². The first kappa shape index (κ1) is 27.8. The standard InChI is InChI=1S/C27H42N8O3/c1-18(2)22-16-28-26-25(30-24(19(3)4)31-35(22)26)29-20-9-13-33(14-10-20)27(37)38-21-11-15-34(17-21)23(36)8-7-12-32(5)6/h7-8,16,18-21H,9-15,17H2,1-6H3,(H,29,30,31)/b8-7+/t21-/m0/s1. The van der Waals surface area contributed by atoms with E-state index in [0.29, 0.717) is 45.1 Å². The molecule has 38 heavy (non-hydrogen) atoms. The van der Waals surface area contributed by atoms with Gasteiger partial charge in [0.05, 0.1) is 18.4 Å². The number of carbonyl (C=O) groups is 2. The molecule has 0 spiro atoms. The third kappa shape index (κ3) is 6.61. The molecule has 1 N–H and O–H groups in total. The number of anilines is 1. The van der Waals surface area contributed by atoms with Gasteiger partial charge in [-0.05, 0) is 32.9 Å². The second-order valence-corrected chi connectivity index (χ2v) is 11.2. The number of ether oxygens (including phenoxy) is 1. The summed E-state index contributed by atoms with van der Waals surface area (Å²) in [5.74, 6) is 1.97. The SMILES string of the molecule is CC(C)c1nc(NC2CCN(C(=O)O[C@H]3CCN(C(=O)/C=C/CN(C)C)C3)CC2)c2ncc(C(C)C)n2n1. The fraction of sp³-hybridized carbons (Fsp3) is 0.667. The van der Waals surface area contributed by atoms with E-state index in [4.69, 9.17) is 14.8 Å². The van der Waals surface area contributed by atoms with Gasteiger partial charge >= 0.3 is 6.09 Å². The lowest BCUT2D eigenvalue weighted by Crippen LogP contribution is -2.44. The van der Waals surface area contributed by atoms with Gasteiger partial charge in [-0.1, -0.05) is 33.8 Å². The highest BCUT2D eigenvalue weighted by Gasteiger charge is 2.31. The lowest BCUT2D eigenvalue weighted by atomic mass is 10.1. The first-order chi connectivity index (χ1) is 18.1. The molecule has 2 aliphatic rings. The molecule has 0 radical (unpaired) electrons. The number of aromatic nitrogens is 4. The normalized spacial score (nSPS) is 19.0. The fourth-order valence-corrected chi connectivity index (χ4v) is 4.76. The summed E-state index contributed by atoms with van der Waals surface area (Å²) in [5.41, 5.74) is 1.79. The van der Waals surface area contributed by atoms with Gasteiger partial charge in [0, 0.05) is 50.6 Å². The number of nitrogens with one attached hydrogen (secondary N) is 1. The van der Waals surface area contributed by atoms with Crippen LogP contribution < -0.4 is 5.32 Å². The number of rotatable bonds is 8. The minimum absolute atomic E-state index is 0.0327. The predicted octanol–water partition coefficient (Wildman–Crippen LogP) is 3.10. The van der Waals surface area contributed by atoms with Crippen LogP contribution in [0.15, 0.2) is 18.3 Å². The molecule has 2 aliphatic heterocycles. The van der Waals surface area contributed by atoms with Crippen molar-refractivity contribution in [1.82, 2.24) is 34.3 Å². The Balaban J connectivity index is 1.30. The largest absolute Gasteiger partial charge is 0.444 e. The van der Waals surface area contributed by atoms with Crippen molar-refractivity contribution in [2.75, 3.05) is 52.1 Å². The van der Waals surface area contributed by atoms with Crippen molar-refractivity contribution in [1.29, 1.82) is 0 Å². The number of imidazole rings is 1. The average molecular weight is 527 g/mol. The maximum Gasteiger partial charge on any atom is 0.410 e. The topological polar surface area (TPSA) is 108 Å². The van der Waals surface area contributed by atoms with Crippen molar-refractivity contribution < 1.29 is 14.3 Å². The predicted molar refractivity (Wildman–Crippen MR) is 146 cm³/mol. The van der Waals surface area contributed by atoms with Crippen LogP contribution in [0.3, 0.4) is 0 Å². The van der Waals surface area contributed by atoms with Crippen molar-refractivity contribution in [2.24, 2.45) is 0 Å². The van der Waals surface area contributed by atoms with Gasteiger partial charge in [0.1, 0.15) is 6.10 Å². The second kappa shape index (κ2) is 12.1. The van der Waals surface area contributed by atoms with Crippen molar-refractivity contribution in [3.8, 4) is 0 Å². The van der Waals surface area contributed by atoms with Gasteiger partial charge in [-0.25, -0.2) is 19.3 Å². The van der Waals surface area contributed by atoms with Crippen LogP contribution in [0.4, 0.5) is 10.6 Å². The van der Waals surface area contributed by atoms with E-state index in [1.165, 1.54) is 0 Å². The molecule has 2 aromatic heterocycles. The van der Waals surface area contributed by atoms with Gasteiger partial charge in [0.25, 0.3) is 0 Å². The molecule has 4 heterocycles. The van der Waals surface area contributed by atoms with Gasteiger partial charge in [-0.15, -0.1) is 0 Å². The Bertz CT molecular complexity index is 1150. The summed E-state index contributed by atoms with van der Waals surface area (Å²) < 4.78 is 7.67. The van der Waals surface area contributed by atoms with E-state index in [-0.39, 0.29) is 30.1 Å². The molecular weight excluding hydrogens is 484 g/mol. The maximum absolute atomic E-state index is 12.8. The molecule has 2 saturated heterocycles. The summed E-state index contributed by atoms with van der Waals surface area (Å²) in [6.07, 6.45) is 7.01. The van der Waals surface area contributed by atoms with E-state index in [9.17, 15) is 9.59 Å². The molecule has 0 aromatic carbocycles. The lowest BCUT2D eigenvalue weighted by Gasteiger charge is -2.32. The molecule has 0 saturated carbocycles. The smallest absolute Gasteiger partial charge is 0.410 e. The van der Waals surface area contributed by atoms with Crippen LogP contribution in [0.1, 0.15) is 70.3 Å². The number of nitrogens with zero attached hydrogens (tertiary/aromatic N) is 7. The Labute approximate surface area is 225 Å². The quantitative estimate of drug-likeness (QED) is 0.523. The Kier molecular flexibility index (Phi) is 8.86. The second-order valence-electron chi connectivity index (χ2n) is 11.2. The minimum Gasteiger partial charge on any atom is -0.444 e. The lowest BCUT2D eigenvalue weighted by molar-refractivity contribution is -0.125. The molecular formula is C27H42N8O3. The van der Waals surface area contributed by atoms with Gasteiger partial charge in [-0.3, -0.25) is 4.79 Å². The summed E-state index contributed by atoms with van der Waals surface area (Å²) in [5, 5.41) is 8.31. The molecule has 11 nitrogen and oxygen atoms in total. The Hall–Kier alpha value is -3.21. The highest BCUT2D eigenvalue weighted by atomic mass is 16.6. The first-order valence-electron chi connectivity index (χ1n) is 13.7. The number of hydrogen-bond acceptors (Lipinski definition) is 8. The molecule has 4 rings (SSSR count). The van der Waals surface area contributed by atoms with Crippen LogP contribution in [0.25, 0.3) is 5.65 Å². The highest BCUT2D eigenvalue weighted by Crippen LogP contribution is 2.24. The van der Waals surface area contributed by atoms with E-state index < -0.39 is 0 Å². The average Bonchev–Trinajstić information content (AvgIpc) is 3.51. The molecule has 2 fully saturated rings. The van der Waals surface area contributed by atoms with E-state index in [1.54, 1.807) is 15.9 Å². The molecule has 208 valence electrons. The molecule has 2 amide bonds. The van der Waals surface area contributed by atoms with Crippen LogP contribution in [0.2, 0.25) is 0 Å². The van der Waals surface area contributed by atoms with Crippen molar-refractivity contribution in [3.63, 3.8) is 0 Å². The highest BCUT2D eigenvalue weighted by molar-refractivity contribution is 5.87. The summed E-state index contributed by atoms with van der Waals surface area (Å²) >= 11 is 0. The Morgan fingerprint density at radius 3 is 2.47 bits per heavy atom. The third-order valence-corrected chi connectivity index (χ3v) is 7.06. The summed E-state index contributed by atoms with van der Waals surface area (Å²) in [6.45, 7) is 11.4. The maximum atomic E-state index is 12.8. The van der Waals surface area contributed by atoms with Crippen LogP contribution in [0, 0.1) is 0 Å². The Morgan fingerprint density at radius 2 is 1.82 bits per heavy atom. The number of piperidine rings is 1. The van der Waals surface area contributed by atoms with Crippen molar-refractivity contribution >= 4 is 23.5 Å². The third-order valence-electron chi connectivity index (χ3n) is 7.06. The summed E-state index contributed by atoms with van der Waals surface area (Å²) in [4.78, 5) is 40.1. The van der Waals surface area contributed by atoms with E-state index in [2.05, 4.69) is 38.0 Å². The molecule has 0 aliphatic carbocycles. The molecule has 0 unspecified atom stereocenters. The number of likely N-dealkylation sites (N-methyl/N-ethyl adjacent to an activating group) is 1. The van der Waals surface area contributed by atoms with Gasteiger partial charge in [-0.2, -0.15) is 5.10 Å². The number of carbonyl (C=O) groups excluding carboxylic acids is 2.